The smallest absolute Gasteiger partial charge is 0.240 e. The van der Waals surface area contributed by atoms with E-state index in [2.05, 4.69) is 12.1 Å². The molecule has 0 spiro atoms. The number of hydrogen-bond acceptors (Lipinski definition) is 7. The molecule has 3 aliphatic heterocycles. The predicted octanol–water partition coefficient (Wildman–Crippen LogP) is 4.10. The van der Waals surface area contributed by atoms with E-state index < -0.39 is 23.0 Å². The first-order valence-corrected chi connectivity index (χ1v) is 12.5. The molecule has 3 aromatic carbocycles. The maximum Gasteiger partial charge on any atom is 0.240 e. The largest absolute Gasteiger partial charge is 0.493 e. The lowest BCUT2D eigenvalue weighted by Crippen LogP contribution is -2.50. The molecular weight excluding hydrogens is 482 g/mol. The second-order valence-corrected chi connectivity index (χ2v) is 10.3. The number of benzene rings is 3. The van der Waals surface area contributed by atoms with E-state index >= 15 is 0 Å². The molecule has 190 valence electrons. The molecule has 5 atom stereocenters. The number of nitrogens with zero attached hydrogens (tertiary/aromatic N) is 3. The lowest BCUT2D eigenvalue weighted by molar-refractivity contribution is -0.135. The van der Waals surface area contributed by atoms with Crippen molar-refractivity contribution in [1.82, 2.24) is 0 Å². The number of nitriles is 2. The maximum absolute atomic E-state index is 14.1. The van der Waals surface area contributed by atoms with Gasteiger partial charge in [-0.05, 0) is 43.3 Å². The third kappa shape index (κ3) is 3.28. The van der Waals surface area contributed by atoms with Crippen molar-refractivity contribution in [2.24, 2.45) is 11.8 Å². The van der Waals surface area contributed by atoms with Crippen molar-refractivity contribution in [1.29, 1.82) is 10.5 Å². The van der Waals surface area contributed by atoms with Crippen molar-refractivity contribution in [2.75, 3.05) is 18.6 Å². The van der Waals surface area contributed by atoms with Crippen molar-refractivity contribution in [3.8, 4) is 17.9 Å². The van der Waals surface area contributed by atoms with Gasteiger partial charge in [0, 0.05) is 30.7 Å². The molecule has 38 heavy (non-hydrogen) atoms. The molecule has 5 unspecified atom stereocenters. The fourth-order valence-electron chi connectivity index (χ4n) is 6.70. The van der Waals surface area contributed by atoms with Crippen LogP contribution in [0.3, 0.4) is 0 Å². The minimum atomic E-state index is -0.961. The Balaban J connectivity index is 1.35. The standard InChI is InChI=1S/C30H25N3O5/c1-29-24(36-2)15-30(38-29,13-14-37-20-10-7-18(16-31)8-11-20)26-25(29)27(34)33(28(26)35)23-12-9-19(17-32)21-5-3-4-6-22(21)23/h3-12,24-26H,13-15H2,1-2H3. The maximum atomic E-state index is 14.1. The Labute approximate surface area is 219 Å². The average molecular weight is 508 g/mol. The summed E-state index contributed by atoms with van der Waals surface area (Å²) in [5.74, 6) is -1.37. The molecule has 3 fully saturated rings. The molecule has 0 aromatic heterocycles. The minimum Gasteiger partial charge on any atom is -0.493 e. The first-order valence-electron chi connectivity index (χ1n) is 12.5. The van der Waals surface area contributed by atoms with Crippen molar-refractivity contribution in [2.45, 2.75) is 37.1 Å². The molecule has 2 bridgehead atoms. The second kappa shape index (κ2) is 8.66. The van der Waals surface area contributed by atoms with E-state index in [1.54, 1.807) is 43.5 Å². The van der Waals surface area contributed by atoms with E-state index in [1.807, 2.05) is 31.2 Å². The Bertz CT molecular complexity index is 1550. The van der Waals surface area contributed by atoms with Crippen LogP contribution in [-0.2, 0) is 19.1 Å². The van der Waals surface area contributed by atoms with E-state index in [4.69, 9.17) is 19.5 Å². The zero-order valence-corrected chi connectivity index (χ0v) is 21.0. The highest BCUT2D eigenvalue weighted by molar-refractivity contribution is 6.26. The van der Waals surface area contributed by atoms with Gasteiger partial charge in [-0.2, -0.15) is 10.5 Å². The van der Waals surface area contributed by atoms with Gasteiger partial charge < -0.3 is 14.2 Å². The highest BCUT2D eigenvalue weighted by Crippen LogP contribution is 2.63. The normalized spacial score (nSPS) is 29.4. The van der Waals surface area contributed by atoms with Gasteiger partial charge in [0.05, 0.1) is 59.1 Å². The summed E-state index contributed by atoms with van der Waals surface area (Å²) >= 11 is 0. The minimum absolute atomic E-state index is 0.267. The Morgan fingerprint density at radius 3 is 2.37 bits per heavy atom. The first-order chi connectivity index (χ1) is 18.4. The third-order valence-electron chi connectivity index (χ3n) is 8.41. The molecule has 3 aliphatic rings. The number of imide groups is 1. The van der Waals surface area contributed by atoms with Gasteiger partial charge in [-0.15, -0.1) is 0 Å². The SMILES string of the molecule is COC1CC2(CCOc3ccc(C#N)cc3)OC1(C)C1C(=O)N(c3ccc(C#N)c4ccccc34)C(=O)C12. The quantitative estimate of drug-likeness (QED) is 0.462. The van der Waals surface area contributed by atoms with Crippen molar-refractivity contribution >= 4 is 28.3 Å². The predicted molar refractivity (Wildman–Crippen MR) is 137 cm³/mol. The first kappa shape index (κ1) is 24.1. The Hall–Kier alpha value is -4.24. The van der Waals surface area contributed by atoms with E-state index in [1.165, 1.54) is 4.90 Å². The number of fused-ring (bicyclic) bond motifs is 6. The molecule has 8 heteroatoms. The van der Waals surface area contributed by atoms with Crippen LogP contribution in [0.5, 0.6) is 5.75 Å². The summed E-state index contributed by atoms with van der Waals surface area (Å²) in [6.07, 6.45) is 0.511. The van der Waals surface area contributed by atoms with Crippen molar-refractivity contribution < 1.29 is 23.8 Å². The van der Waals surface area contributed by atoms with Crippen molar-refractivity contribution in [3.63, 3.8) is 0 Å². The summed E-state index contributed by atoms with van der Waals surface area (Å²) in [5, 5.41) is 19.9. The number of carbonyl (C=O) groups is 2. The zero-order chi connectivity index (χ0) is 26.7. The number of amides is 2. The highest BCUT2D eigenvalue weighted by Gasteiger charge is 2.77. The third-order valence-corrected chi connectivity index (χ3v) is 8.41. The molecule has 2 amide bonds. The fourth-order valence-corrected chi connectivity index (χ4v) is 6.70. The number of ether oxygens (including phenoxy) is 3. The summed E-state index contributed by atoms with van der Waals surface area (Å²) in [4.78, 5) is 29.4. The average Bonchev–Trinajstić information content (AvgIpc) is 3.49. The van der Waals surface area contributed by atoms with E-state index in [-0.39, 0.29) is 24.5 Å². The highest BCUT2D eigenvalue weighted by atomic mass is 16.6. The molecule has 3 aromatic rings. The topological polar surface area (TPSA) is 113 Å². The van der Waals surface area contributed by atoms with Crippen LogP contribution in [0.1, 0.15) is 30.9 Å². The van der Waals surface area contributed by atoms with Gasteiger partial charge in [0.1, 0.15) is 11.4 Å². The molecule has 0 saturated carbocycles. The fraction of sp³-hybridized carbons (Fsp3) is 0.333. The summed E-state index contributed by atoms with van der Waals surface area (Å²) in [6.45, 7) is 2.13. The Morgan fingerprint density at radius 2 is 1.68 bits per heavy atom. The number of hydrogen-bond donors (Lipinski definition) is 0. The molecule has 0 radical (unpaired) electrons. The lowest BCUT2D eigenvalue weighted by atomic mass is 9.66. The van der Waals surface area contributed by atoms with Crippen LogP contribution < -0.4 is 9.64 Å². The molecule has 3 saturated heterocycles. The van der Waals surface area contributed by atoms with Gasteiger partial charge in [0.25, 0.3) is 0 Å². The van der Waals surface area contributed by atoms with Crippen LogP contribution in [-0.4, -0.2) is 42.8 Å². The van der Waals surface area contributed by atoms with Gasteiger partial charge >= 0.3 is 0 Å². The van der Waals surface area contributed by atoms with Crippen LogP contribution in [0.4, 0.5) is 5.69 Å². The number of anilines is 1. The summed E-state index contributed by atoms with van der Waals surface area (Å²) in [6, 6.07) is 21.7. The zero-order valence-electron chi connectivity index (χ0n) is 21.0. The number of rotatable bonds is 6. The van der Waals surface area contributed by atoms with E-state index in [0.29, 0.717) is 46.2 Å². The summed E-state index contributed by atoms with van der Waals surface area (Å²) in [5.41, 5.74) is -0.383. The van der Waals surface area contributed by atoms with Crippen LogP contribution >= 0.6 is 0 Å². The molecule has 6 rings (SSSR count). The summed E-state index contributed by atoms with van der Waals surface area (Å²) < 4.78 is 18.3. The van der Waals surface area contributed by atoms with E-state index in [0.717, 1.165) is 0 Å². The van der Waals surface area contributed by atoms with Crippen LogP contribution in [0.2, 0.25) is 0 Å². The van der Waals surface area contributed by atoms with Crippen molar-refractivity contribution in [3.05, 3.63) is 71.8 Å². The number of methoxy groups -OCH3 is 1. The molecular formula is C30H25N3O5. The van der Waals surface area contributed by atoms with Crippen LogP contribution in [0, 0.1) is 34.5 Å². The monoisotopic (exact) mass is 507 g/mol. The Morgan fingerprint density at radius 1 is 0.974 bits per heavy atom. The molecule has 8 nitrogen and oxygen atoms in total. The van der Waals surface area contributed by atoms with Gasteiger partial charge in [-0.1, -0.05) is 24.3 Å². The molecule has 3 heterocycles. The summed E-state index contributed by atoms with van der Waals surface area (Å²) in [7, 11) is 1.60. The van der Waals surface area contributed by atoms with E-state index in [9.17, 15) is 14.9 Å². The number of carbonyl (C=O) groups excluding carboxylic acids is 2. The van der Waals surface area contributed by atoms with Crippen LogP contribution in [0.25, 0.3) is 10.8 Å². The van der Waals surface area contributed by atoms with Gasteiger partial charge in [-0.3, -0.25) is 9.59 Å². The second-order valence-electron chi connectivity index (χ2n) is 10.3. The van der Waals surface area contributed by atoms with Gasteiger partial charge in [0.2, 0.25) is 11.8 Å². The van der Waals surface area contributed by atoms with Gasteiger partial charge in [-0.25, -0.2) is 4.90 Å². The lowest BCUT2D eigenvalue weighted by Gasteiger charge is -2.35. The molecule has 0 N–H and O–H groups in total. The Kier molecular flexibility index (Phi) is 5.50. The molecule has 0 aliphatic carbocycles. The van der Waals surface area contributed by atoms with Gasteiger partial charge in [0.15, 0.2) is 0 Å². The van der Waals surface area contributed by atoms with Crippen LogP contribution in [0.15, 0.2) is 60.7 Å².